The van der Waals surface area contributed by atoms with Crippen molar-refractivity contribution in [3.63, 3.8) is 0 Å². The number of likely N-dealkylation sites (N-methyl/N-ethyl adjacent to an activating group) is 1. The van der Waals surface area contributed by atoms with E-state index in [4.69, 9.17) is 0 Å². The summed E-state index contributed by atoms with van der Waals surface area (Å²) in [6.45, 7) is 2.31. The maximum atomic E-state index is 13.6. The molecule has 1 aliphatic rings. The average Bonchev–Trinajstić information content (AvgIpc) is 2.73. The summed E-state index contributed by atoms with van der Waals surface area (Å²) in [7, 11) is 1.74. The Hall–Kier alpha value is -3.29. The van der Waals surface area contributed by atoms with Gasteiger partial charge in [0.25, 0.3) is 5.91 Å². The number of hydrogen-bond donors (Lipinski definition) is 0. The van der Waals surface area contributed by atoms with Crippen molar-refractivity contribution in [1.29, 1.82) is 0 Å². The van der Waals surface area contributed by atoms with E-state index in [9.17, 15) is 18.0 Å². The van der Waals surface area contributed by atoms with E-state index in [2.05, 4.69) is 15.2 Å². The maximum Gasteiger partial charge on any atom is 0.254 e. The number of aromatic nitrogens is 3. The van der Waals surface area contributed by atoms with E-state index in [0.29, 0.717) is 35.5 Å². The van der Waals surface area contributed by atoms with Gasteiger partial charge in [0.2, 0.25) is 0 Å². The Kier molecular flexibility index (Phi) is 4.77. The van der Waals surface area contributed by atoms with Crippen molar-refractivity contribution in [3.05, 3.63) is 76.4 Å². The molecule has 0 N–H and O–H groups in total. The molecule has 0 fully saturated rings. The van der Waals surface area contributed by atoms with Gasteiger partial charge < -0.3 is 4.90 Å². The molecule has 5 nitrogen and oxygen atoms in total. The average molecular weight is 398 g/mol. The molecule has 148 valence electrons. The SMILES string of the molecule is C[C@@H](c1cnnc(-c2nccc3c2CCN(C)C3=O)c1)c1cc(F)c(F)c(F)c1. The number of fused-ring (bicyclic) bond motifs is 1. The standard InChI is InChI=1S/C21H17F3N4O/c1-11(12-7-16(22)19(24)17(23)8-12)13-9-18(27-26-10-13)20-14-4-6-28(2)21(29)15(14)3-5-25-20/h3,5,7-11H,4,6H2,1-2H3/t11-/m1/s1. The van der Waals surface area contributed by atoms with Gasteiger partial charge in [-0.3, -0.25) is 9.78 Å². The third-order valence-electron chi connectivity index (χ3n) is 5.25. The Balaban J connectivity index is 1.75. The maximum absolute atomic E-state index is 13.6. The summed E-state index contributed by atoms with van der Waals surface area (Å²) in [6, 6.07) is 5.35. The third kappa shape index (κ3) is 3.35. The molecule has 3 aromatic rings. The number of benzene rings is 1. The van der Waals surface area contributed by atoms with Crippen LogP contribution in [-0.2, 0) is 6.42 Å². The van der Waals surface area contributed by atoms with Gasteiger partial charge in [-0.15, -0.1) is 5.10 Å². The van der Waals surface area contributed by atoms with E-state index in [1.807, 2.05) is 0 Å². The van der Waals surface area contributed by atoms with Crippen molar-refractivity contribution < 1.29 is 18.0 Å². The molecule has 0 bridgehead atoms. The molecule has 4 rings (SSSR count). The van der Waals surface area contributed by atoms with Crippen molar-refractivity contribution in [3.8, 4) is 11.4 Å². The highest BCUT2D eigenvalue weighted by atomic mass is 19.2. The lowest BCUT2D eigenvalue weighted by atomic mass is 9.92. The molecule has 1 amide bonds. The number of nitrogens with zero attached hydrogens (tertiary/aromatic N) is 4. The molecule has 0 spiro atoms. The van der Waals surface area contributed by atoms with Gasteiger partial charge in [0.1, 0.15) is 5.69 Å². The van der Waals surface area contributed by atoms with Gasteiger partial charge in [0.15, 0.2) is 17.5 Å². The fraction of sp³-hybridized carbons (Fsp3) is 0.238. The monoisotopic (exact) mass is 398 g/mol. The van der Waals surface area contributed by atoms with Crippen LogP contribution in [0.1, 0.15) is 39.9 Å². The largest absolute Gasteiger partial charge is 0.341 e. The lowest BCUT2D eigenvalue weighted by molar-refractivity contribution is 0.0781. The summed E-state index contributed by atoms with van der Waals surface area (Å²) in [6.07, 6.45) is 3.67. The second-order valence-corrected chi connectivity index (χ2v) is 7.06. The van der Waals surface area contributed by atoms with Crippen LogP contribution in [-0.4, -0.2) is 39.6 Å². The fourth-order valence-electron chi connectivity index (χ4n) is 3.51. The smallest absolute Gasteiger partial charge is 0.254 e. The van der Waals surface area contributed by atoms with Gasteiger partial charge in [-0.05, 0) is 47.4 Å². The van der Waals surface area contributed by atoms with Crippen LogP contribution in [0.15, 0.2) is 36.7 Å². The predicted octanol–water partition coefficient (Wildman–Crippen LogP) is 3.74. The second-order valence-electron chi connectivity index (χ2n) is 7.06. The van der Waals surface area contributed by atoms with E-state index in [-0.39, 0.29) is 11.5 Å². The lowest BCUT2D eigenvalue weighted by Crippen LogP contribution is -2.34. The summed E-state index contributed by atoms with van der Waals surface area (Å²) in [4.78, 5) is 18.5. The molecule has 0 saturated carbocycles. The molecular formula is C21H17F3N4O. The summed E-state index contributed by atoms with van der Waals surface area (Å²) in [5, 5.41) is 8.15. The molecule has 3 heterocycles. The highest BCUT2D eigenvalue weighted by Gasteiger charge is 2.25. The molecule has 29 heavy (non-hydrogen) atoms. The highest BCUT2D eigenvalue weighted by molar-refractivity contribution is 5.98. The number of rotatable bonds is 3. The quantitative estimate of drug-likeness (QED) is 0.631. The predicted molar refractivity (Wildman–Crippen MR) is 99.8 cm³/mol. The molecular weight excluding hydrogens is 381 g/mol. The Bertz CT molecular complexity index is 1100. The van der Waals surface area contributed by atoms with Crippen LogP contribution in [0.3, 0.4) is 0 Å². The van der Waals surface area contributed by atoms with Gasteiger partial charge in [-0.2, -0.15) is 5.10 Å². The number of hydrogen-bond acceptors (Lipinski definition) is 4. The first-order chi connectivity index (χ1) is 13.9. The molecule has 1 atom stereocenters. The van der Waals surface area contributed by atoms with Gasteiger partial charge >= 0.3 is 0 Å². The summed E-state index contributed by atoms with van der Waals surface area (Å²) in [5.41, 5.74) is 3.31. The molecule has 0 unspecified atom stereocenters. The first-order valence-electron chi connectivity index (χ1n) is 9.07. The third-order valence-corrected chi connectivity index (χ3v) is 5.25. The minimum absolute atomic E-state index is 0.0790. The summed E-state index contributed by atoms with van der Waals surface area (Å²) < 4.78 is 40.5. The molecule has 8 heteroatoms. The van der Waals surface area contributed by atoms with Crippen molar-refractivity contribution in [1.82, 2.24) is 20.1 Å². The number of amides is 1. The zero-order valence-electron chi connectivity index (χ0n) is 15.8. The Morgan fingerprint density at radius 3 is 2.55 bits per heavy atom. The van der Waals surface area contributed by atoms with Crippen molar-refractivity contribution in [2.45, 2.75) is 19.3 Å². The van der Waals surface area contributed by atoms with Gasteiger partial charge in [-0.1, -0.05) is 6.92 Å². The van der Waals surface area contributed by atoms with E-state index in [1.54, 1.807) is 37.2 Å². The van der Waals surface area contributed by atoms with Crippen molar-refractivity contribution >= 4 is 5.91 Å². The Morgan fingerprint density at radius 1 is 1.10 bits per heavy atom. The summed E-state index contributed by atoms with van der Waals surface area (Å²) >= 11 is 0. The second kappa shape index (κ2) is 7.27. The first kappa shape index (κ1) is 19.0. The van der Waals surface area contributed by atoms with Gasteiger partial charge in [0.05, 0.1) is 11.9 Å². The van der Waals surface area contributed by atoms with Crippen LogP contribution in [0.5, 0.6) is 0 Å². The van der Waals surface area contributed by atoms with Crippen LogP contribution in [0.4, 0.5) is 13.2 Å². The van der Waals surface area contributed by atoms with Crippen LogP contribution < -0.4 is 0 Å². The van der Waals surface area contributed by atoms with Crippen molar-refractivity contribution in [2.24, 2.45) is 0 Å². The molecule has 1 aromatic carbocycles. The van der Waals surface area contributed by atoms with Crippen LogP contribution in [0, 0.1) is 17.5 Å². The minimum Gasteiger partial charge on any atom is -0.341 e. The summed E-state index contributed by atoms with van der Waals surface area (Å²) in [5.74, 6) is -4.51. The highest BCUT2D eigenvalue weighted by Crippen LogP contribution is 2.31. The molecule has 0 radical (unpaired) electrons. The first-order valence-corrected chi connectivity index (χ1v) is 9.07. The number of halogens is 3. The van der Waals surface area contributed by atoms with E-state index in [1.165, 1.54) is 6.20 Å². The van der Waals surface area contributed by atoms with Crippen LogP contribution >= 0.6 is 0 Å². The normalized spacial score (nSPS) is 14.7. The van der Waals surface area contributed by atoms with Crippen LogP contribution in [0.2, 0.25) is 0 Å². The van der Waals surface area contributed by atoms with E-state index < -0.39 is 23.4 Å². The molecule has 0 aliphatic carbocycles. The topological polar surface area (TPSA) is 59.0 Å². The van der Waals surface area contributed by atoms with Gasteiger partial charge in [0, 0.05) is 31.3 Å². The Labute approximate surface area is 165 Å². The number of carbonyl (C=O) groups is 1. The molecule has 1 aliphatic heterocycles. The minimum atomic E-state index is -1.50. The lowest BCUT2D eigenvalue weighted by Gasteiger charge is -2.25. The Morgan fingerprint density at radius 2 is 1.83 bits per heavy atom. The zero-order valence-corrected chi connectivity index (χ0v) is 15.8. The van der Waals surface area contributed by atoms with Gasteiger partial charge in [-0.25, -0.2) is 13.2 Å². The van der Waals surface area contributed by atoms with Crippen molar-refractivity contribution in [2.75, 3.05) is 13.6 Å². The number of pyridine rings is 1. The van der Waals surface area contributed by atoms with E-state index in [0.717, 1.165) is 17.7 Å². The van der Waals surface area contributed by atoms with E-state index >= 15 is 0 Å². The van der Waals surface area contributed by atoms with Crippen LogP contribution in [0.25, 0.3) is 11.4 Å². The molecule has 0 saturated heterocycles. The number of carbonyl (C=O) groups excluding carboxylic acids is 1. The fourth-order valence-corrected chi connectivity index (χ4v) is 3.51. The zero-order chi connectivity index (χ0) is 20.7. The molecule has 2 aromatic heterocycles.